The lowest BCUT2D eigenvalue weighted by Crippen LogP contribution is -2.05. The molecule has 0 aliphatic rings. The van der Waals surface area contributed by atoms with Crippen LogP contribution in [0.1, 0.15) is 12.6 Å². The molecule has 19 heavy (non-hydrogen) atoms. The van der Waals surface area contributed by atoms with E-state index in [4.69, 9.17) is 0 Å². The number of hydrogen-bond donors (Lipinski definition) is 0. The minimum Gasteiger partial charge on any atom is -0.256 e. The Morgan fingerprint density at radius 3 is 2.58 bits per heavy atom. The van der Waals surface area contributed by atoms with Gasteiger partial charge in [0.25, 0.3) is 0 Å². The van der Waals surface area contributed by atoms with Gasteiger partial charge in [0.15, 0.2) is 0 Å². The quantitative estimate of drug-likeness (QED) is 0.750. The van der Waals surface area contributed by atoms with Crippen LogP contribution in [-0.4, -0.2) is 4.98 Å². The van der Waals surface area contributed by atoms with E-state index in [1.807, 2.05) is 55.5 Å². The zero-order chi connectivity index (χ0) is 14.1. The molecular weight excluding hydrogens is 230 g/mol. The molecule has 1 rings (SSSR count). The largest absolute Gasteiger partial charge is 0.256 e. The summed E-state index contributed by atoms with van der Waals surface area (Å²) in [5.41, 5.74) is 1.75. The van der Waals surface area contributed by atoms with Crippen LogP contribution >= 0.6 is 0 Å². The normalized spacial score (nSPS) is 11.1. The zero-order valence-electron chi connectivity index (χ0n) is 11.3. The van der Waals surface area contributed by atoms with Gasteiger partial charge in [-0.25, -0.2) is 0 Å². The predicted molar refractivity (Wildman–Crippen MR) is 85.1 cm³/mol. The summed E-state index contributed by atoms with van der Waals surface area (Å²) in [5, 5.41) is 1.75. The highest BCUT2D eigenvalue weighted by Crippen LogP contribution is 2.07. The summed E-state index contributed by atoms with van der Waals surface area (Å²) in [6.45, 7) is 13.7. The van der Waals surface area contributed by atoms with Crippen LogP contribution in [0.3, 0.4) is 0 Å². The van der Waals surface area contributed by atoms with Gasteiger partial charge in [-0.3, -0.25) is 4.98 Å². The van der Waals surface area contributed by atoms with E-state index in [0.717, 1.165) is 21.7 Å². The van der Waals surface area contributed by atoms with Crippen molar-refractivity contribution in [3.8, 4) is 0 Å². The molecule has 0 fully saturated rings. The van der Waals surface area contributed by atoms with Crippen LogP contribution in [0, 0.1) is 0 Å². The van der Waals surface area contributed by atoms with E-state index in [0.29, 0.717) is 0 Å². The molecule has 1 heteroatoms. The first kappa shape index (κ1) is 14.7. The summed E-state index contributed by atoms with van der Waals surface area (Å²) in [6.07, 6.45) is 9.40. The van der Waals surface area contributed by atoms with E-state index in [2.05, 4.69) is 24.7 Å². The van der Waals surface area contributed by atoms with E-state index in [-0.39, 0.29) is 0 Å². The standard InChI is InChI=1S/C18H19N/c1-5-7-12-17(6-2)18-16(4)11-9-8-10-15(3)13-14-19-18/h5-14H,2-4H2,1H3/b7-5-,10-8?,11-9?,14-13?,17-12+,19-18?. The molecule has 1 aromatic heterocycles. The van der Waals surface area contributed by atoms with Crippen molar-refractivity contribution in [2.45, 2.75) is 6.92 Å². The van der Waals surface area contributed by atoms with Crippen LogP contribution in [-0.2, 0) is 0 Å². The van der Waals surface area contributed by atoms with Crippen LogP contribution in [0.5, 0.6) is 0 Å². The van der Waals surface area contributed by atoms with Gasteiger partial charge in [-0.1, -0.05) is 68.3 Å². The van der Waals surface area contributed by atoms with Gasteiger partial charge in [0, 0.05) is 11.8 Å². The Bertz CT molecular complexity index is 650. The molecule has 0 N–H and O–H groups in total. The van der Waals surface area contributed by atoms with Gasteiger partial charge < -0.3 is 0 Å². The molecule has 0 aromatic carbocycles. The summed E-state index contributed by atoms with van der Waals surface area (Å²) in [7, 11) is 0. The summed E-state index contributed by atoms with van der Waals surface area (Å²) in [5.74, 6) is 0. The summed E-state index contributed by atoms with van der Waals surface area (Å²) in [6, 6.07) is 9.57. The molecule has 0 saturated carbocycles. The van der Waals surface area contributed by atoms with Gasteiger partial charge in [-0.2, -0.15) is 0 Å². The minimum absolute atomic E-state index is 0.809. The van der Waals surface area contributed by atoms with Crippen LogP contribution in [0.25, 0.3) is 18.7 Å². The molecule has 1 aromatic rings. The molecule has 0 saturated heterocycles. The number of aromatic nitrogens is 1. The molecular formula is C18H19N. The fourth-order valence-electron chi connectivity index (χ4n) is 1.48. The fourth-order valence-corrected chi connectivity index (χ4v) is 1.48. The molecule has 0 aliphatic heterocycles. The SMILES string of the molecule is C=C/C(=C\C=C/C)c1nccc(=C)ccccc1=C. The third-order valence-corrected chi connectivity index (χ3v) is 2.48. The highest BCUT2D eigenvalue weighted by Gasteiger charge is 1.96. The van der Waals surface area contributed by atoms with Crippen molar-refractivity contribution < 1.29 is 0 Å². The average Bonchev–Trinajstić information content (AvgIpc) is 2.41. The van der Waals surface area contributed by atoms with Crippen molar-refractivity contribution >= 4 is 18.7 Å². The van der Waals surface area contributed by atoms with Crippen molar-refractivity contribution in [3.63, 3.8) is 0 Å². The Hall–Kier alpha value is -2.41. The van der Waals surface area contributed by atoms with E-state index >= 15 is 0 Å². The van der Waals surface area contributed by atoms with Gasteiger partial charge in [0.1, 0.15) is 0 Å². The van der Waals surface area contributed by atoms with Crippen molar-refractivity contribution in [1.29, 1.82) is 0 Å². The fraction of sp³-hybridized carbons (Fsp3) is 0.0556. The molecule has 0 atom stereocenters. The first-order valence-electron chi connectivity index (χ1n) is 6.12. The monoisotopic (exact) mass is 249 g/mol. The molecule has 96 valence electrons. The lowest BCUT2D eigenvalue weighted by molar-refractivity contribution is 1.27. The van der Waals surface area contributed by atoms with Crippen LogP contribution in [0.4, 0.5) is 0 Å². The highest BCUT2D eigenvalue weighted by atomic mass is 14.7. The Labute approximate surface area is 115 Å². The predicted octanol–water partition coefficient (Wildman–Crippen LogP) is 3.17. The topological polar surface area (TPSA) is 12.9 Å². The Morgan fingerprint density at radius 2 is 1.89 bits per heavy atom. The number of nitrogens with zero attached hydrogens (tertiary/aromatic N) is 1. The van der Waals surface area contributed by atoms with Gasteiger partial charge in [0.05, 0.1) is 5.69 Å². The smallest absolute Gasteiger partial charge is 0.0768 e. The van der Waals surface area contributed by atoms with Crippen molar-refractivity contribution in [2.24, 2.45) is 0 Å². The molecule has 1 heterocycles. The lowest BCUT2D eigenvalue weighted by atomic mass is 10.1. The second kappa shape index (κ2) is 7.83. The Balaban J connectivity index is 3.58. The highest BCUT2D eigenvalue weighted by molar-refractivity contribution is 5.72. The third kappa shape index (κ3) is 4.76. The first-order valence-corrected chi connectivity index (χ1v) is 6.12. The molecule has 1 nitrogen and oxygen atoms in total. The van der Waals surface area contributed by atoms with Crippen LogP contribution in [0.15, 0.2) is 67.4 Å². The number of hydrogen-bond acceptors (Lipinski definition) is 1. The van der Waals surface area contributed by atoms with Gasteiger partial charge in [0.2, 0.25) is 0 Å². The van der Waals surface area contributed by atoms with Crippen molar-refractivity contribution in [2.75, 3.05) is 0 Å². The molecule has 0 aliphatic carbocycles. The first-order chi connectivity index (χ1) is 9.19. The molecule has 0 amide bonds. The van der Waals surface area contributed by atoms with Gasteiger partial charge in [-0.05, 0) is 23.4 Å². The summed E-state index contributed by atoms with van der Waals surface area (Å²) in [4.78, 5) is 4.46. The minimum atomic E-state index is 0.809. The summed E-state index contributed by atoms with van der Waals surface area (Å²) >= 11 is 0. The van der Waals surface area contributed by atoms with Crippen LogP contribution in [0.2, 0.25) is 0 Å². The average molecular weight is 249 g/mol. The second-order valence-corrected chi connectivity index (χ2v) is 3.96. The second-order valence-electron chi connectivity index (χ2n) is 3.96. The number of rotatable bonds is 3. The van der Waals surface area contributed by atoms with Gasteiger partial charge >= 0.3 is 0 Å². The Kier molecular flexibility index (Phi) is 6.04. The molecule has 0 radical (unpaired) electrons. The third-order valence-electron chi connectivity index (χ3n) is 2.48. The van der Waals surface area contributed by atoms with Gasteiger partial charge in [-0.15, -0.1) is 0 Å². The van der Waals surface area contributed by atoms with Crippen LogP contribution < -0.4 is 10.4 Å². The zero-order valence-corrected chi connectivity index (χ0v) is 11.3. The maximum absolute atomic E-state index is 4.46. The van der Waals surface area contributed by atoms with E-state index in [1.165, 1.54) is 0 Å². The van der Waals surface area contributed by atoms with E-state index in [9.17, 15) is 0 Å². The maximum Gasteiger partial charge on any atom is 0.0768 e. The molecule has 0 unspecified atom stereocenters. The van der Waals surface area contributed by atoms with Crippen molar-refractivity contribution in [3.05, 3.63) is 83.5 Å². The maximum atomic E-state index is 4.46. The molecule has 0 bridgehead atoms. The van der Waals surface area contributed by atoms with E-state index < -0.39 is 0 Å². The molecule has 0 spiro atoms. The Morgan fingerprint density at radius 1 is 1.16 bits per heavy atom. The van der Waals surface area contributed by atoms with E-state index in [1.54, 1.807) is 12.3 Å². The number of allylic oxidation sites excluding steroid dienone is 5. The lowest BCUT2D eigenvalue weighted by Gasteiger charge is -1.98. The summed E-state index contributed by atoms with van der Waals surface area (Å²) < 4.78 is 0. The van der Waals surface area contributed by atoms with Crippen molar-refractivity contribution in [1.82, 2.24) is 4.98 Å².